The van der Waals surface area contributed by atoms with Crippen molar-refractivity contribution >= 4 is 26.6 Å². The Kier molecular flexibility index (Phi) is 5.54. The van der Waals surface area contributed by atoms with E-state index in [4.69, 9.17) is 0 Å². The summed E-state index contributed by atoms with van der Waals surface area (Å²) in [7, 11) is -2.02. The fraction of sp³-hybridized carbons (Fsp3) is 0.433. The van der Waals surface area contributed by atoms with Crippen LogP contribution in [0.1, 0.15) is 49.7 Å². The molecule has 0 aliphatic heterocycles. The van der Waals surface area contributed by atoms with Gasteiger partial charge in [-0.2, -0.15) is 0 Å². The smallest absolute Gasteiger partial charge is 0.242 e. The number of nitrogens with zero attached hydrogens (tertiary/aromatic N) is 1. The number of phenolic OH excluding ortho intramolecular Hbond substituents is 1. The number of carbonyl (C=O) groups is 1. The van der Waals surface area contributed by atoms with Crippen LogP contribution in [0.5, 0.6) is 5.75 Å². The fourth-order valence-corrected chi connectivity index (χ4v) is 8.99. The first-order valence-electron chi connectivity index (χ1n) is 13.0. The van der Waals surface area contributed by atoms with Gasteiger partial charge in [0.05, 0.1) is 4.90 Å². The third-order valence-corrected chi connectivity index (χ3v) is 11.3. The minimum Gasteiger partial charge on any atom is -0.508 e. The van der Waals surface area contributed by atoms with E-state index >= 15 is 0 Å². The lowest BCUT2D eigenvalue weighted by Gasteiger charge is -2.50. The molecule has 2 fully saturated rings. The molecule has 0 radical (unpaired) electrons. The van der Waals surface area contributed by atoms with Crippen LogP contribution in [0, 0.1) is 23.2 Å². The monoisotopic (exact) mass is 503 g/mol. The standard InChI is InChI=1S/C30H33NO4S/c1-30-14-13-26-25-12-9-23(32)15-21(25)8-11-27(26)29(30)22(17-28(30)33)18-31(2)36(34,35)24-10-7-19-5-3-4-6-20(19)16-24/h3-7,9-10,12,15-16,22,26-27,29,32H,8,11,13-14,17-18H2,1-2H3/t22-,26-,27-,29+,30-/m1/s1. The van der Waals surface area contributed by atoms with Crippen LogP contribution >= 0.6 is 0 Å². The Hall–Kier alpha value is -2.70. The predicted octanol–water partition coefficient (Wildman–Crippen LogP) is 5.52. The normalized spacial score (nSPS) is 29.7. The van der Waals surface area contributed by atoms with Crippen molar-refractivity contribution in [2.24, 2.45) is 23.2 Å². The van der Waals surface area contributed by atoms with Crippen LogP contribution in [0.25, 0.3) is 10.8 Å². The molecule has 3 aromatic carbocycles. The van der Waals surface area contributed by atoms with E-state index in [0.29, 0.717) is 41.2 Å². The lowest BCUT2D eigenvalue weighted by atomic mass is 9.54. The number of aromatic hydroxyl groups is 1. The lowest BCUT2D eigenvalue weighted by molar-refractivity contribution is -0.129. The first kappa shape index (κ1) is 23.7. The Morgan fingerprint density at radius 1 is 1.03 bits per heavy atom. The second kappa shape index (κ2) is 8.42. The third kappa shape index (κ3) is 3.60. The van der Waals surface area contributed by atoms with Crippen molar-refractivity contribution in [3.63, 3.8) is 0 Å². The maximum atomic E-state index is 13.6. The Balaban J connectivity index is 1.30. The van der Waals surface area contributed by atoms with E-state index in [-0.39, 0.29) is 17.3 Å². The Morgan fingerprint density at radius 2 is 1.81 bits per heavy atom. The first-order chi connectivity index (χ1) is 17.2. The van der Waals surface area contributed by atoms with Gasteiger partial charge >= 0.3 is 0 Å². The van der Waals surface area contributed by atoms with E-state index in [0.717, 1.165) is 36.5 Å². The Bertz CT molecular complexity index is 1460. The van der Waals surface area contributed by atoms with Gasteiger partial charge in [0, 0.05) is 25.4 Å². The minimum absolute atomic E-state index is 0.00852. The lowest BCUT2D eigenvalue weighted by Crippen LogP contribution is -2.46. The van der Waals surface area contributed by atoms with E-state index in [2.05, 4.69) is 13.0 Å². The van der Waals surface area contributed by atoms with E-state index in [1.807, 2.05) is 36.4 Å². The molecule has 188 valence electrons. The highest BCUT2D eigenvalue weighted by molar-refractivity contribution is 7.89. The van der Waals surface area contributed by atoms with Crippen molar-refractivity contribution < 1.29 is 18.3 Å². The molecule has 0 amide bonds. The SMILES string of the molecule is CN(C[C@H]1CC(=O)[C@@]2(C)CC[C@@H]3c4ccc(O)cc4CC[C@H]3[C@H]12)S(=O)(=O)c1ccc2ccccc2c1. The maximum absolute atomic E-state index is 13.6. The van der Waals surface area contributed by atoms with Gasteiger partial charge in [0.1, 0.15) is 11.5 Å². The number of aryl methyl sites for hydroxylation is 1. The second-order valence-electron chi connectivity index (χ2n) is 11.4. The van der Waals surface area contributed by atoms with E-state index < -0.39 is 10.0 Å². The Labute approximate surface area is 213 Å². The number of benzene rings is 3. The zero-order valence-electron chi connectivity index (χ0n) is 20.9. The van der Waals surface area contributed by atoms with Crippen LogP contribution in [0.2, 0.25) is 0 Å². The van der Waals surface area contributed by atoms with Gasteiger partial charge in [-0.15, -0.1) is 0 Å². The van der Waals surface area contributed by atoms with Gasteiger partial charge in [0.25, 0.3) is 0 Å². The number of hydrogen-bond donors (Lipinski definition) is 1. The number of ketones is 1. The number of hydrogen-bond acceptors (Lipinski definition) is 4. The van der Waals surface area contributed by atoms with Crippen molar-refractivity contribution in [3.8, 4) is 5.75 Å². The molecule has 0 aromatic heterocycles. The van der Waals surface area contributed by atoms with Crippen LogP contribution in [0.3, 0.4) is 0 Å². The highest BCUT2D eigenvalue weighted by Crippen LogP contribution is 2.61. The molecule has 3 aromatic rings. The molecule has 5 nitrogen and oxygen atoms in total. The average molecular weight is 504 g/mol. The van der Waals surface area contributed by atoms with E-state index in [9.17, 15) is 18.3 Å². The molecule has 3 aliphatic carbocycles. The highest BCUT2D eigenvalue weighted by Gasteiger charge is 2.58. The van der Waals surface area contributed by atoms with Gasteiger partial charge < -0.3 is 5.11 Å². The summed E-state index contributed by atoms with van der Waals surface area (Å²) >= 11 is 0. The van der Waals surface area contributed by atoms with Crippen LogP contribution in [0.4, 0.5) is 0 Å². The van der Waals surface area contributed by atoms with Gasteiger partial charge in [-0.25, -0.2) is 12.7 Å². The van der Waals surface area contributed by atoms with Crippen LogP contribution in [0.15, 0.2) is 65.6 Å². The summed E-state index contributed by atoms with van der Waals surface area (Å²) < 4.78 is 28.6. The molecule has 3 aliphatic rings. The van der Waals surface area contributed by atoms with Gasteiger partial charge in [-0.1, -0.05) is 43.3 Å². The van der Waals surface area contributed by atoms with Crippen molar-refractivity contribution in [2.45, 2.75) is 49.8 Å². The molecule has 1 N–H and O–H groups in total. The first-order valence-corrected chi connectivity index (χ1v) is 14.4. The van der Waals surface area contributed by atoms with Crippen molar-refractivity contribution in [2.75, 3.05) is 13.6 Å². The molecule has 5 atom stereocenters. The Morgan fingerprint density at radius 3 is 2.61 bits per heavy atom. The molecule has 0 heterocycles. The molecule has 0 spiro atoms. The highest BCUT2D eigenvalue weighted by atomic mass is 32.2. The quantitative estimate of drug-likeness (QED) is 0.509. The number of Topliss-reactive ketones (excluding diaryl/α,β-unsaturated/α-hetero) is 1. The summed E-state index contributed by atoms with van der Waals surface area (Å²) in [5, 5.41) is 11.9. The molecule has 6 heteroatoms. The molecule has 2 saturated carbocycles. The van der Waals surface area contributed by atoms with E-state index in [1.54, 1.807) is 25.2 Å². The van der Waals surface area contributed by atoms with Gasteiger partial charge in [-0.05, 0) is 95.5 Å². The molecular weight excluding hydrogens is 470 g/mol. The fourth-order valence-electron chi connectivity index (χ4n) is 7.73. The van der Waals surface area contributed by atoms with Crippen LogP contribution < -0.4 is 0 Å². The topological polar surface area (TPSA) is 74.7 Å². The summed E-state index contributed by atoms with van der Waals surface area (Å²) in [6.07, 6.45) is 4.13. The summed E-state index contributed by atoms with van der Waals surface area (Å²) in [6, 6.07) is 18.8. The summed E-state index contributed by atoms with van der Waals surface area (Å²) in [4.78, 5) is 13.6. The molecule has 0 unspecified atom stereocenters. The van der Waals surface area contributed by atoms with Crippen molar-refractivity contribution in [1.29, 1.82) is 0 Å². The average Bonchev–Trinajstić information content (AvgIpc) is 3.12. The molecule has 6 rings (SSSR count). The number of fused-ring (bicyclic) bond motifs is 6. The number of carbonyl (C=O) groups excluding carboxylic acids is 1. The number of phenols is 1. The second-order valence-corrected chi connectivity index (χ2v) is 13.4. The zero-order valence-corrected chi connectivity index (χ0v) is 21.7. The summed E-state index contributed by atoms with van der Waals surface area (Å²) in [5.74, 6) is 1.50. The number of rotatable bonds is 4. The molecular formula is C30H33NO4S. The number of sulfonamides is 1. The van der Waals surface area contributed by atoms with Crippen LogP contribution in [-0.2, 0) is 21.2 Å². The predicted molar refractivity (Wildman–Crippen MR) is 140 cm³/mol. The van der Waals surface area contributed by atoms with Crippen LogP contribution in [-0.4, -0.2) is 37.2 Å². The molecule has 36 heavy (non-hydrogen) atoms. The van der Waals surface area contributed by atoms with Crippen molar-refractivity contribution in [1.82, 2.24) is 4.31 Å². The van der Waals surface area contributed by atoms with Gasteiger partial charge in [0.15, 0.2) is 0 Å². The zero-order chi connectivity index (χ0) is 25.2. The largest absolute Gasteiger partial charge is 0.508 e. The summed E-state index contributed by atoms with van der Waals surface area (Å²) in [6.45, 7) is 2.48. The van der Waals surface area contributed by atoms with Gasteiger partial charge in [0.2, 0.25) is 10.0 Å². The molecule has 0 bridgehead atoms. The maximum Gasteiger partial charge on any atom is 0.242 e. The summed E-state index contributed by atoms with van der Waals surface area (Å²) in [5.41, 5.74) is 2.14. The minimum atomic E-state index is -3.68. The third-order valence-electron chi connectivity index (χ3n) is 9.47. The van der Waals surface area contributed by atoms with Gasteiger partial charge in [-0.3, -0.25) is 4.79 Å². The van der Waals surface area contributed by atoms with Crippen molar-refractivity contribution in [3.05, 3.63) is 71.8 Å². The molecule has 0 saturated heterocycles. The van der Waals surface area contributed by atoms with E-state index in [1.165, 1.54) is 15.4 Å².